The van der Waals surface area contributed by atoms with E-state index in [1.807, 2.05) is 0 Å². The minimum atomic E-state index is -4.57. The van der Waals surface area contributed by atoms with E-state index in [1.54, 1.807) is 0 Å². The van der Waals surface area contributed by atoms with Gasteiger partial charge in [0.1, 0.15) is 10.0 Å². The minimum Gasteiger partial charge on any atom is -0.542 e. The molecule has 1 amide bonds. The molecule has 0 atom stereocenters. The fourth-order valence-corrected chi connectivity index (χ4v) is 2.78. The molecular weight excluding hydrogens is 358 g/mol. The Morgan fingerprint density at radius 3 is 2.17 bits per heavy atom. The molecular formula is C13H11F3N3NaO3S. The van der Waals surface area contributed by atoms with E-state index in [0.717, 1.165) is 29.8 Å². The number of alkyl halides is 3. The standard InChI is InChI=1S/C13H12F3N3O3S.Na/c1-8-7-12(13(14,15)16)17-19(8)10-3-5-11(6-4-10)23(21,22)18-9(2)20;/h3-7H,1-2H3,(H,18,20);/q;+1/p-1. The topological polar surface area (TPSA) is 83.1 Å². The minimum absolute atomic E-state index is 0. The second-order valence-electron chi connectivity index (χ2n) is 4.66. The smallest absolute Gasteiger partial charge is 0.542 e. The van der Waals surface area contributed by atoms with Crippen LogP contribution < -0.4 is 29.6 Å². The maximum Gasteiger partial charge on any atom is 1.00 e. The zero-order valence-corrected chi connectivity index (χ0v) is 15.8. The van der Waals surface area contributed by atoms with Crippen molar-refractivity contribution < 1.29 is 55.9 Å². The Balaban J connectivity index is 0.00000288. The third-order valence-corrected chi connectivity index (χ3v) is 4.17. The first kappa shape index (κ1) is 20.7. The number of carbonyl (C=O) groups excluding carboxylic acids is 1. The number of benzene rings is 1. The van der Waals surface area contributed by atoms with Crippen LogP contribution in [-0.2, 0) is 21.0 Å². The van der Waals surface area contributed by atoms with Crippen molar-refractivity contribution in [2.75, 3.05) is 0 Å². The van der Waals surface area contributed by atoms with Crippen LogP contribution in [-0.4, -0.2) is 24.1 Å². The Bertz CT molecular complexity index is 846. The second kappa shape index (κ2) is 7.26. The fourth-order valence-electron chi connectivity index (χ4n) is 1.86. The number of carbonyl (C=O) groups is 1. The van der Waals surface area contributed by atoms with Crippen molar-refractivity contribution in [3.8, 4) is 5.69 Å². The van der Waals surface area contributed by atoms with Crippen molar-refractivity contribution in [1.29, 1.82) is 0 Å². The molecule has 6 nitrogen and oxygen atoms in total. The zero-order valence-electron chi connectivity index (χ0n) is 13.0. The predicted molar refractivity (Wildman–Crippen MR) is 74.5 cm³/mol. The molecule has 0 saturated carbocycles. The summed E-state index contributed by atoms with van der Waals surface area (Å²) in [4.78, 5) is 10.6. The van der Waals surface area contributed by atoms with Gasteiger partial charge in [-0.05, 0) is 44.2 Å². The van der Waals surface area contributed by atoms with Crippen molar-refractivity contribution >= 4 is 15.9 Å². The third-order valence-electron chi connectivity index (χ3n) is 2.81. The number of hydrogen-bond donors (Lipinski definition) is 0. The summed E-state index contributed by atoms with van der Waals surface area (Å²) in [6.45, 7) is 2.44. The van der Waals surface area contributed by atoms with Crippen molar-refractivity contribution in [1.82, 2.24) is 9.78 Å². The molecule has 11 heteroatoms. The number of aromatic nitrogens is 2. The summed E-state index contributed by atoms with van der Waals surface area (Å²) in [5.41, 5.74) is -0.556. The van der Waals surface area contributed by atoms with Gasteiger partial charge < -0.3 is 9.52 Å². The van der Waals surface area contributed by atoms with Gasteiger partial charge in [0.15, 0.2) is 5.69 Å². The summed E-state index contributed by atoms with van der Waals surface area (Å²) >= 11 is 0. The molecule has 2 rings (SSSR count). The molecule has 0 radical (unpaired) electrons. The first-order chi connectivity index (χ1) is 10.5. The summed E-state index contributed by atoms with van der Waals surface area (Å²) in [5.74, 6) is -0.869. The first-order valence-corrected chi connectivity index (χ1v) is 7.67. The first-order valence-electron chi connectivity index (χ1n) is 6.23. The van der Waals surface area contributed by atoms with Crippen LogP contribution in [0.5, 0.6) is 0 Å². The molecule has 0 N–H and O–H groups in total. The van der Waals surface area contributed by atoms with Crippen LogP contribution >= 0.6 is 0 Å². The molecule has 0 fully saturated rings. The number of aryl methyl sites for hydroxylation is 1. The van der Waals surface area contributed by atoms with Crippen LogP contribution in [0.1, 0.15) is 18.3 Å². The number of amides is 1. The van der Waals surface area contributed by atoms with Gasteiger partial charge in [-0.3, -0.25) is 0 Å². The number of nitrogens with zero attached hydrogens (tertiary/aromatic N) is 3. The number of rotatable bonds is 3. The molecule has 0 saturated heterocycles. The van der Waals surface area contributed by atoms with Gasteiger partial charge in [0.05, 0.1) is 16.5 Å². The Kier molecular flexibility index (Phi) is 6.26. The van der Waals surface area contributed by atoms with Gasteiger partial charge in [0.2, 0.25) is 0 Å². The number of sulfonamides is 1. The Morgan fingerprint density at radius 2 is 1.75 bits per heavy atom. The number of halogens is 3. The van der Waals surface area contributed by atoms with Crippen molar-refractivity contribution in [2.24, 2.45) is 0 Å². The molecule has 0 aliphatic heterocycles. The van der Waals surface area contributed by atoms with Crippen molar-refractivity contribution in [2.45, 2.75) is 24.9 Å². The molecule has 24 heavy (non-hydrogen) atoms. The van der Waals surface area contributed by atoms with Gasteiger partial charge in [-0.2, -0.15) is 18.3 Å². The molecule has 2 aromatic rings. The van der Waals surface area contributed by atoms with E-state index in [2.05, 4.69) is 9.82 Å². The van der Waals surface area contributed by atoms with Gasteiger partial charge in [-0.25, -0.2) is 13.1 Å². The van der Waals surface area contributed by atoms with E-state index < -0.39 is 27.8 Å². The van der Waals surface area contributed by atoms with E-state index in [0.29, 0.717) is 0 Å². The van der Waals surface area contributed by atoms with Gasteiger partial charge in [-0.1, -0.05) is 0 Å². The van der Waals surface area contributed by atoms with Gasteiger partial charge >= 0.3 is 35.7 Å². The van der Waals surface area contributed by atoms with E-state index in [-0.39, 0.29) is 45.8 Å². The maximum atomic E-state index is 12.6. The molecule has 0 aliphatic rings. The fraction of sp³-hybridized carbons (Fsp3) is 0.231. The molecule has 0 spiro atoms. The summed E-state index contributed by atoms with van der Waals surface area (Å²) in [6, 6.07) is 5.73. The monoisotopic (exact) mass is 369 g/mol. The molecule has 1 heterocycles. The molecule has 0 unspecified atom stereocenters. The quantitative estimate of drug-likeness (QED) is 0.703. The summed E-state index contributed by atoms with van der Waals surface area (Å²) in [5, 5.41) is 3.46. The van der Waals surface area contributed by atoms with E-state index in [4.69, 9.17) is 0 Å². The summed E-state index contributed by atoms with van der Waals surface area (Å²) < 4.78 is 65.4. The normalized spacial score (nSPS) is 11.7. The zero-order chi connectivity index (χ0) is 17.4. The molecule has 0 bridgehead atoms. The summed E-state index contributed by atoms with van der Waals surface area (Å²) in [7, 11) is -4.12. The van der Waals surface area contributed by atoms with Crippen LogP contribution in [0, 0.1) is 6.92 Å². The van der Waals surface area contributed by atoms with Crippen LogP contribution in [0.2, 0.25) is 0 Å². The molecule has 0 aliphatic carbocycles. The SMILES string of the molecule is CC(=O)[N-]S(=O)(=O)c1ccc(-n2nc(C(F)(F)F)cc2C)cc1.[Na+]. The Hall–Kier alpha value is -1.36. The van der Waals surface area contributed by atoms with Crippen LogP contribution in [0.15, 0.2) is 35.2 Å². The van der Waals surface area contributed by atoms with Crippen LogP contribution in [0.4, 0.5) is 13.2 Å². The third kappa shape index (κ3) is 4.59. The van der Waals surface area contributed by atoms with Crippen molar-refractivity contribution in [3.05, 3.63) is 46.4 Å². The predicted octanol–water partition coefficient (Wildman–Crippen LogP) is -0.188. The average molecular weight is 369 g/mol. The van der Waals surface area contributed by atoms with Crippen molar-refractivity contribution in [3.63, 3.8) is 0 Å². The maximum absolute atomic E-state index is 12.6. The van der Waals surface area contributed by atoms with Gasteiger partial charge in [0, 0.05) is 5.69 Å². The summed E-state index contributed by atoms with van der Waals surface area (Å²) in [6.07, 6.45) is -4.57. The molecule has 1 aromatic carbocycles. The van der Waals surface area contributed by atoms with Crippen LogP contribution in [0.3, 0.4) is 0 Å². The molecule has 124 valence electrons. The average Bonchev–Trinajstić information content (AvgIpc) is 2.79. The van der Waals surface area contributed by atoms with Gasteiger partial charge in [0.25, 0.3) is 0 Å². The van der Waals surface area contributed by atoms with E-state index >= 15 is 0 Å². The largest absolute Gasteiger partial charge is 1.00 e. The molecule has 1 aromatic heterocycles. The Labute approximate surface area is 158 Å². The van der Waals surface area contributed by atoms with E-state index in [9.17, 15) is 26.4 Å². The second-order valence-corrected chi connectivity index (χ2v) is 6.26. The van der Waals surface area contributed by atoms with Crippen LogP contribution in [0.25, 0.3) is 10.4 Å². The van der Waals surface area contributed by atoms with E-state index in [1.165, 1.54) is 19.1 Å². The Morgan fingerprint density at radius 1 is 1.21 bits per heavy atom. The van der Waals surface area contributed by atoms with Gasteiger partial charge in [-0.15, -0.1) is 0 Å². The number of hydrogen-bond acceptors (Lipinski definition) is 4.